The summed E-state index contributed by atoms with van der Waals surface area (Å²) in [5.41, 5.74) is 4.98. The van der Waals surface area contributed by atoms with E-state index >= 15 is 0 Å². The maximum atomic E-state index is 12.6. The van der Waals surface area contributed by atoms with Crippen LogP contribution in [0.25, 0.3) is 0 Å². The summed E-state index contributed by atoms with van der Waals surface area (Å²) in [4.78, 5) is 0. The Morgan fingerprint density at radius 3 is 1.68 bits per heavy atom. The highest BCUT2D eigenvalue weighted by molar-refractivity contribution is 5.85. The third-order valence-corrected chi connectivity index (χ3v) is 2.40. The zero-order valence-corrected chi connectivity index (χ0v) is 11.4. The minimum Gasteiger partial charge on any atom is -0.493 e. The molecule has 8 heteroatoms. The van der Waals surface area contributed by atoms with Crippen molar-refractivity contribution < 1.29 is 27.4 Å². The molecule has 1 atom stereocenters. The second-order valence-corrected chi connectivity index (χ2v) is 3.48. The van der Waals surface area contributed by atoms with Gasteiger partial charge in [-0.2, -0.15) is 13.2 Å². The molecule has 110 valence electrons. The van der Waals surface area contributed by atoms with Crippen molar-refractivity contribution in [3.63, 3.8) is 0 Å². The molecule has 0 aliphatic rings. The summed E-state index contributed by atoms with van der Waals surface area (Å²) >= 11 is 0. The zero-order valence-electron chi connectivity index (χ0n) is 10.6. The molecule has 0 aliphatic heterocycles. The fraction of sp³-hybridized carbons (Fsp3) is 0.455. The number of benzene rings is 1. The lowest BCUT2D eigenvalue weighted by atomic mass is 10.1. The molecule has 0 spiro atoms. The molecule has 0 fully saturated rings. The lowest BCUT2D eigenvalue weighted by Gasteiger charge is -2.19. The molecule has 19 heavy (non-hydrogen) atoms. The van der Waals surface area contributed by atoms with E-state index in [-0.39, 0.29) is 35.2 Å². The van der Waals surface area contributed by atoms with Gasteiger partial charge >= 0.3 is 6.18 Å². The molecule has 4 nitrogen and oxygen atoms in total. The summed E-state index contributed by atoms with van der Waals surface area (Å²) in [6.07, 6.45) is -4.54. The average Bonchev–Trinajstić information content (AvgIpc) is 2.34. The van der Waals surface area contributed by atoms with Crippen molar-refractivity contribution in [1.29, 1.82) is 0 Å². The van der Waals surface area contributed by atoms with Gasteiger partial charge in [-0.25, -0.2) is 0 Å². The number of rotatable bonds is 4. The van der Waals surface area contributed by atoms with Gasteiger partial charge in [-0.05, 0) is 17.7 Å². The van der Waals surface area contributed by atoms with Crippen LogP contribution in [0.3, 0.4) is 0 Å². The van der Waals surface area contributed by atoms with Gasteiger partial charge in [0.25, 0.3) is 0 Å². The number of methoxy groups -OCH3 is 3. The Hall–Kier alpha value is -1.34. The van der Waals surface area contributed by atoms with Crippen molar-refractivity contribution >= 4 is 12.4 Å². The predicted molar refractivity (Wildman–Crippen MR) is 66.3 cm³/mol. The number of halogens is 4. The van der Waals surface area contributed by atoms with Crippen LogP contribution >= 0.6 is 12.4 Å². The Labute approximate surface area is 115 Å². The Morgan fingerprint density at radius 2 is 1.42 bits per heavy atom. The van der Waals surface area contributed by atoms with Gasteiger partial charge in [-0.15, -0.1) is 12.4 Å². The molecule has 0 aliphatic carbocycles. The van der Waals surface area contributed by atoms with Crippen molar-refractivity contribution in [2.24, 2.45) is 5.73 Å². The second-order valence-electron chi connectivity index (χ2n) is 3.48. The summed E-state index contributed by atoms with van der Waals surface area (Å²) < 4.78 is 52.6. The molecular weight excluding hydrogens is 287 g/mol. The molecule has 1 aromatic rings. The van der Waals surface area contributed by atoms with E-state index in [0.29, 0.717) is 0 Å². The van der Waals surface area contributed by atoms with Crippen LogP contribution in [-0.4, -0.2) is 27.5 Å². The molecule has 0 aromatic heterocycles. The van der Waals surface area contributed by atoms with Crippen LogP contribution in [0.1, 0.15) is 11.6 Å². The first-order chi connectivity index (χ1) is 8.35. The van der Waals surface area contributed by atoms with Gasteiger partial charge in [-0.3, -0.25) is 0 Å². The lowest BCUT2D eigenvalue weighted by molar-refractivity contribution is -0.149. The average molecular weight is 302 g/mol. The van der Waals surface area contributed by atoms with Gasteiger partial charge in [0.15, 0.2) is 11.5 Å². The van der Waals surface area contributed by atoms with Gasteiger partial charge in [0.2, 0.25) is 5.75 Å². The van der Waals surface area contributed by atoms with E-state index in [4.69, 9.17) is 19.9 Å². The van der Waals surface area contributed by atoms with Crippen molar-refractivity contribution in [2.75, 3.05) is 21.3 Å². The van der Waals surface area contributed by atoms with Gasteiger partial charge in [0, 0.05) is 0 Å². The monoisotopic (exact) mass is 301 g/mol. The maximum Gasteiger partial charge on any atom is 0.407 e. The first kappa shape index (κ1) is 17.7. The van der Waals surface area contributed by atoms with Crippen LogP contribution in [0, 0.1) is 0 Å². The minimum atomic E-state index is -4.54. The fourth-order valence-electron chi connectivity index (χ4n) is 1.47. The third-order valence-electron chi connectivity index (χ3n) is 2.40. The Bertz CT molecular complexity index is 401. The Kier molecular flexibility index (Phi) is 6.24. The van der Waals surface area contributed by atoms with E-state index in [1.54, 1.807) is 0 Å². The van der Waals surface area contributed by atoms with Gasteiger partial charge < -0.3 is 19.9 Å². The van der Waals surface area contributed by atoms with E-state index < -0.39 is 12.2 Å². The van der Waals surface area contributed by atoms with E-state index in [0.717, 1.165) is 0 Å². The first-order valence-corrected chi connectivity index (χ1v) is 4.97. The molecule has 0 unspecified atom stereocenters. The third kappa shape index (κ3) is 3.81. The topological polar surface area (TPSA) is 53.7 Å². The molecule has 2 N–H and O–H groups in total. The summed E-state index contributed by atoms with van der Waals surface area (Å²) in [6.45, 7) is 0. The normalized spacial score (nSPS) is 12.4. The highest BCUT2D eigenvalue weighted by Gasteiger charge is 2.38. The molecule has 0 radical (unpaired) electrons. The second kappa shape index (κ2) is 6.72. The van der Waals surface area contributed by atoms with Crippen LogP contribution in [0.4, 0.5) is 13.2 Å². The smallest absolute Gasteiger partial charge is 0.407 e. The standard InChI is InChI=1S/C11H14F3NO3.ClH/c1-16-7-4-6(10(15)11(12,13)14)5-8(17-2)9(7)18-3;/h4-5,10H,15H2,1-3H3;1H/t10-;/m1./s1. The zero-order chi connectivity index (χ0) is 13.9. The molecule has 1 aromatic carbocycles. The van der Waals surface area contributed by atoms with Crippen molar-refractivity contribution in [3.8, 4) is 17.2 Å². The van der Waals surface area contributed by atoms with Crippen molar-refractivity contribution in [3.05, 3.63) is 17.7 Å². The van der Waals surface area contributed by atoms with Crippen LogP contribution < -0.4 is 19.9 Å². The summed E-state index contributed by atoms with van der Waals surface area (Å²) in [5, 5.41) is 0. The molecule has 0 amide bonds. The molecule has 0 heterocycles. The van der Waals surface area contributed by atoms with Crippen LogP contribution in [-0.2, 0) is 0 Å². The number of hydrogen-bond acceptors (Lipinski definition) is 4. The molecular formula is C11H15ClF3NO3. The van der Waals surface area contributed by atoms with Crippen molar-refractivity contribution in [2.45, 2.75) is 12.2 Å². The molecule has 0 bridgehead atoms. The number of ether oxygens (including phenoxy) is 3. The molecule has 0 saturated heterocycles. The van der Waals surface area contributed by atoms with E-state index in [2.05, 4.69) is 0 Å². The summed E-state index contributed by atoms with van der Waals surface area (Å²) in [6, 6.07) is 0.255. The molecule has 0 saturated carbocycles. The Morgan fingerprint density at radius 1 is 1.00 bits per heavy atom. The van der Waals surface area contributed by atoms with E-state index in [1.165, 1.54) is 33.5 Å². The quantitative estimate of drug-likeness (QED) is 0.929. The van der Waals surface area contributed by atoms with Crippen LogP contribution in [0.2, 0.25) is 0 Å². The van der Waals surface area contributed by atoms with Gasteiger partial charge in [0.05, 0.1) is 21.3 Å². The van der Waals surface area contributed by atoms with Gasteiger partial charge in [0.1, 0.15) is 6.04 Å². The van der Waals surface area contributed by atoms with Crippen molar-refractivity contribution in [1.82, 2.24) is 0 Å². The fourth-order valence-corrected chi connectivity index (χ4v) is 1.47. The minimum absolute atomic E-state index is 0. The summed E-state index contributed by atoms with van der Waals surface area (Å²) in [7, 11) is 4.00. The number of hydrogen-bond donors (Lipinski definition) is 1. The lowest BCUT2D eigenvalue weighted by Crippen LogP contribution is -2.28. The van der Waals surface area contributed by atoms with E-state index in [1.807, 2.05) is 0 Å². The number of nitrogens with two attached hydrogens (primary N) is 1. The SMILES string of the molecule is COc1cc([C@@H](N)C(F)(F)F)cc(OC)c1OC.Cl. The molecule has 1 rings (SSSR count). The summed E-state index contributed by atoms with van der Waals surface area (Å²) in [5.74, 6) is 0.483. The highest BCUT2D eigenvalue weighted by atomic mass is 35.5. The van der Waals surface area contributed by atoms with Crippen LogP contribution in [0.5, 0.6) is 17.2 Å². The highest BCUT2D eigenvalue weighted by Crippen LogP contribution is 2.41. The predicted octanol–water partition coefficient (Wildman–Crippen LogP) is 2.70. The van der Waals surface area contributed by atoms with Crippen LogP contribution in [0.15, 0.2) is 12.1 Å². The maximum absolute atomic E-state index is 12.6. The largest absolute Gasteiger partial charge is 0.493 e. The number of alkyl halides is 3. The van der Waals surface area contributed by atoms with Gasteiger partial charge in [-0.1, -0.05) is 0 Å². The Balaban J connectivity index is 0.00000324. The first-order valence-electron chi connectivity index (χ1n) is 4.97. The van der Waals surface area contributed by atoms with E-state index in [9.17, 15) is 13.2 Å².